The number of ether oxygens (including phenoxy) is 1. The predicted octanol–water partition coefficient (Wildman–Crippen LogP) is 3.29. The number of rotatable bonds is 5. The summed E-state index contributed by atoms with van der Waals surface area (Å²) in [6.07, 6.45) is 0.179. The third-order valence-corrected chi connectivity index (χ3v) is 3.84. The molecule has 1 rings (SSSR count). The maximum absolute atomic E-state index is 11.9. The maximum Gasteiger partial charge on any atom is 0.166 e. The molecule has 0 amide bonds. The van der Waals surface area contributed by atoms with Crippen LogP contribution in [-0.2, 0) is 16.0 Å². The highest BCUT2D eigenvalue weighted by Gasteiger charge is 2.21. The van der Waals surface area contributed by atoms with Crippen molar-refractivity contribution in [1.29, 1.82) is 0 Å². The molecule has 1 heterocycles. The summed E-state index contributed by atoms with van der Waals surface area (Å²) in [7, 11) is 1.59. The van der Waals surface area contributed by atoms with E-state index in [1.807, 2.05) is 25.3 Å². The van der Waals surface area contributed by atoms with E-state index in [1.54, 1.807) is 18.4 Å². The Balaban J connectivity index is 2.62. The van der Waals surface area contributed by atoms with E-state index in [2.05, 4.69) is 15.9 Å². The van der Waals surface area contributed by atoms with Gasteiger partial charge in [-0.15, -0.1) is 11.3 Å². The third-order valence-electron chi connectivity index (χ3n) is 2.15. The number of thiophene rings is 1. The van der Waals surface area contributed by atoms with Crippen molar-refractivity contribution in [2.45, 2.75) is 26.4 Å². The summed E-state index contributed by atoms with van der Waals surface area (Å²) < 4.78 is 6.23. The molecular weight excluding hydrogens is 276 g/mol. The molecule has 1 atom stereocenters. The van der Waals surface area contributed by atoms with Crippen LogP contribution in [0.1, 0.15) is 18.7 Å². The van der Waals surface area contributed by atoms with Crippen LogP contribution in [0, 0.1) is 5.92 Å². The van der Waals surface area contributed by atoms with Crippen molar-refractivity contribution < 1.29 is 9.53 Å². The van der Waals surface area contributed by atoms with Crippen molar-refractivity contribution in [2.24, 2.45) is 5.92 Å². The van der Waals surface area contributed by atoms with E-state index in [4.69, 9.17) is 4.74 Å². The zero-order valence-electron chi connectivity index (χ0n) is 9.12. The van der Waals surface area contributed by atoms with Crippen LogP contribution in [0.2, 0.25) is 0 Å². The van der Waals surface area contributed by atoms with Crippen LogP contribution in [-0.4, -0.2) is 19.0 Å². The van der Waals surface area contributed by atoms with Crippen LogP contribution < -0.4 is 0 Å². The fourth-order valence-electron chi connectivity index (χ4n) is 1.49. The molecule has 0 N–H and O–H groups in total. The lowest BCUT2D eigenvalue weighted by Crippen LogP contribution is -2.29. The van der Waals surface area contributed by atoms with E-state index in [0.29, 0.717) is 6.42 Å². The minimum Gasteiger partial charge on any atom is -0.373 e. The van der Waals surface area contributed by atoms with Gasteiger partial charge in [0.2, 0.25) is 0 Å². The number of carbonyl (C=O) groups excluding carboxylic acids is 1. The lowest BCUT2D eigenvalue weighted by Gasteiger charge is -2.17. The van der Waals surface area contributed by atoms with Gasteiger partial charge >= 0.3 is 0 Å². The first-order valence-electron chi connectivity index (χ1n) is 4.83. The van der Waals surface area contributed by atoms with Gasteiger partial charge in [-0.25, -0.2) is 0 Å². The standard InChI is InChI=1S/C11H15BrO2S/c1-7(2)11(14-3)10(13)5-9-4-8(12)6-15-9/h4,6-7,11H,5H2,1-3H3. The summed E-state index contributed by atoms with van der Waals surface area (Å²) in [6.45, 7) is 3.99. The Morgan fingerprint density at radius 3 is 2.67 bits per heavy atom. The molecule has 0 aliphatic rings. The van der Waals surface area contributed by atoms with Crippen molar-refractivity contribution in [1.82, 2.24) is 0 Å². The van der Waals surface area contributed by atoms with Gasteiger partial charge in [0.25, 0.3) is 0 Å². The smallest absolute Gasteiger partial charge is 0.166 e. The molecule has 1 aromatic heterocycles. The minimum atomic E-state index is -0.286. The Kier molecular flexibility index (Phi) is 4.96. The molecule has 0 radical (unpaired) electrons. The highest BCUT2D eigenvalue weighted by Crippen LogP contribution is 2.21. The Morgan fingerprint density at radius 1 is 1.60 bits per heavy atom. The van der Waals surface area contributed by atoms with E-state index in [0.717, 1.165) is 9.35 Å². The summed E-state index contributed by atoms with van der Waals surface area (Å²) in [6, 6.07) is 1.98. The largest absolute Gasteiger partial charge is 0.373 e. The summed E-state index contributed by atoms with van der Waals surface area (Å²) in [5.41, 5.74) is 0. The van der Waals surface area contributed by atoms with Crippen molar-refractivity contribution in [3.8, 4) is 0 Å². The molecule has 0 saturated carbocycles. The Morgan fingerprint density at radius 2 is 2.27 bits per heavy atom. The number of halogens is 1. The predicted molar refractivity (Wildman–Crippen MR) is 66.4 cm³/mol. The van der Waals surface area contributed by atoms with Gasteiger partial charge in [0.05, 0.1) is 0 Å². The van der Waals surface area contributed by atoms with Gasteiger partial charge in [-0.3, -0.25) is 4.79 Å². The summed E-state index contributed by atoms with van der Waals surface area (Å²) in [5, 5.41) is 1.99. The SMILES string of the molecule is COC(C(=O)Cc1cc(Br)cs1)C(C)C. The van der Waals surface area contributed by atoms with Crippen molar-refractivity contribution in [2.75, 3.05) is 7.11 Å². The van der Waals surface area contributed by atoms with Crippen LogP contribution in [0.5, 0.6) is 0 Å². The van der Waals surface area contributed by atoms with Crippen LogP contribution in [0.25, 0.3) is 0 Å². The first-order valence-corrected chi connectivity index (χ1v) is 6.50. The van der Waals surface area contributed by atoms with Gasteiger partial charge < -0.3 is 4.74 Å². The van der Waals surface area contributed by atoms with Crippen molar-refractivity contribution in [3.63, 3.8) is 0 Å². The molecule has 2 nitrogen and oxygen atoms in total. The lowest BCUT2D eigenvalue weighted by molar-refractivity contribution is -0.130. The van der Waals surface area contributed by atoms with Gasteiger partial charge in [0.15, 0.2) is 5.78 Å². The monoisotopic (exact) mass is 290 g/mol. The Labute approximate surface area is 103 Å². The van der Waals surface area contributed by atoms with Crippen LogP contribution in [0.4, 0.5) is 0 Å². The molecule has 4 heteroatoms. The second-order valence-corrected chi connectivity index (χ2v) is 5.69. The van der Waals surface area contributed by atoms with Gasteiger partial charge in [-0.1, -0.05) is 13.8 Å². The van der Waals surface area contributed by atoms with Crippen LogP contribution >= 0.6 is 27.3 Å². The molecule has 0 bridgehead atoms. The topological polar surface area (TPSA) is 26.3 Å². The Hall–Kier alpha value is -0.190. The molecule has 0 saturated heterocycles. The summed E-state index contributed by atoms with van der Waals surface area (Å²) >= 11 is 4.97. The number of carbonyl (C=O) groups is 1. The van der Waals surface area contributed by atoms with Crippen LogP contribution in [0.15, 0.2) is 15.9 Å². The molecular formula is C11H15BrO2S. The zero-order chi connectivity index (χ0) is 11.4. The summed E-state index contributed by atoms with van der Waals surface area (Å²) in [4.78, 5) is 12.9. The van der Waals surface area contributed by atoms with E-state index < -0.39 is 0 Å². The second-order valence-electron chi connectivity index (χ2n) is 3.77. The fourth-order valence-corrected chi connectivity index (χ4v) is 2.96. The van der Waals surface area contributed by atoms with Gasteiger partial charge in [0.1, 0.15) is 6.10 Å². The average molecular weight is 291 g/mol. The molecule has 1 aromatic rings. The van der Waals surface area contributed by atoms with Crippen LogP contribution in [0.3, 0.4) is 0 Å². The number of hydrogen-bond acceptors (Lipinski definition) is 3. The minimum absolute atomic E-state index is 0.154. The van der Waals surface area contributed by atoms with Gasteiger partial charge in [0, 0.05) is 28.3 Å². The molecule has 1 unspecified atom stereocenters. The number of Topliss-reactive ketones (excluding diaryl/α,β-unsaturated/α-hetero) is 1. The molecule has 0 aliphatic heterocycles. The number of hydrogen-bond donors (Lipinski definition) is 0. The molecule has 0 fully saturated rings. The second kappa shape index (κ2) is 5.77. The highest BCUT2D eigenvalue weighted by molar-refractivity contribution is 9.10. The normalized spacial score (nSPS) is 13.1. The van der Waals surface area contributed by atoms with Gasteiger partial charge in [-0.05, 0) is 27.9 Å². The highest BCUT2D eigenvalue weighted by atomic mass is 79.9. The molecule has 84 valence electrons. The van der Waals surface area contributed by atoms with E-state index >= 15 is 0 Å². The zero-order valence-corrected chi connectivity index (χ0v) is 11.5. The molecule has 0 aromatic carbocycles. The fraction of sp³-hybridized carbons (Fsp3) is 0.545. The lowest BCUT2D eigenvalue weighted by atomic mass is 10.0. The van der Waals surface area contributed by atoms with Crippen molar-refractivity contribution >= 4 is 33.0 Å². The number of methoxy groups -OCH3 is 1. The van der Waals surface area contributed by atoms with Crippen molar-refractivity contribution in [3.05, 3.63) is 20.8 Å². The number of ketones is 1. The maximum atomic E-state index is 11.9. The molecule has 15 heavy (non-hydrogen) atoms. The van der Waals surface area contributed by atoms with E-state index in [-0.39, 0.29) is 17.8 Å². The quantitative estimate of drug-likeness (QED) is 0.832. The Bertz CT molecular complexity index is 333. The molecule has 0 spiro atoms. The first kappa shape index (κ1) is 12.9. The van der Waals surface area contributed by atoms with E-state index in [1.165, 1.54) is 0 Å². The molecule has 0 aliphatic carbocycles. The first-order chi connectivity index (χ1) is 7.04. The average Bonchev–Trinajstić information content (AvgIpc) is 2.51. The third kappa shape index (κ3) is 3.70. The van der Waals surface area contributed by atoms with Gasteiger partial charge in [-0.2, -0.15) is 0 Å². The summed E-state index contributed by atoms with van der Waals surface area (Å²) in [5.74, 6) is 0.382. The van der Waals surface area contributed by atoms with E-state index in [9.17, 15) is 4.79 Å².